The fourth-order valence-electron chi connectivity index (χ4n) is 5.69. The van der Waals surface area contributed by atoms with Gasteiger partial charge in [-0.1, -0.05) is 142 Å². The molecule has 0 fully saturated rings. The molecular formula is C42H66O6. The summed E-state index contributed by atoms with van der Waals surface area (Å²) in [5.41, 5.74) is 0.442. The second kappa shape index (κ2) is 29.1. The maximum absolute atomic E-state index is 12.6. The SMILES string of the molecule is CCCCCCCCCCCCCCCCCCOCCC(=O)Oc1ccc(OC(=O)c2ccc(OCCCCCCCC)cc2)cc1. The molecule has 0 unspecified atom stereocenters. The van der Waals surface area contributed by atoms with Gasteiger partial charge in [-0.25, -0.2) is 4.79 Å². The molecular weight excluding hydrogens is 600 g/mol. The van der Waals surface area contributed by atoms with Gasteiger partial charge in [0.25, 0.3) is 0 Å². The average Bonchev–Trinajstić information content (AvgIpc) is 3.10. The summed E-state index contributed by atoms with van der Waals surface area (Å²) < 4.78 is 22.3. The Kier molecular flexibility index (Phi) is 25.0. The highest BCUT2D eigenvalue weighted by Crippen LogP contribution is 2.21. The third-order valence-corrected chi connectivity index (χ3v) is 8.72. The van der Waals surface area contributed by atoms with Crippen LogP contribution in [-0.4, -0.2) is 31.8 Å². The number of benzene rings is 2. The van der Waals surface area contributed by atoms with Crippen LogP contribution in [0.2, 0.25) is 0 Å². The number of hydrogen-bond acceptors (Lipinski definition) is 6. The lowest BCUT2D eigenvalue weighted by atomic mass is 10.0. The fraction of sp³-hybridized carbons (Fsp3) is 0.667. The molecule has 2 rings (SSSR count). The molecule has 0 amide bonds. The van der Waals surface area contributed by atoms with E-state index in [2.05, 4.69) is 13.8 Å². The second-order valence-corrected chi connectivity index (χ2v) is 13.1. The van der Waals surface area contributed by atoms with Crippen molar-refractivity contribution < 1.29 is 28.5 Å². The molecule has 6 heteroatoms. The monoisotopic (exact) mass is 666 g/mol. The van der Waals surface area contributed by atoms with Gasteiger partial charge in [0, 0.05) is 6.61 Å². The normalized spacial score (nSPS) is 11.0. The summed E-state index contributed by atoms with van der Waals surface area (Å²) in [6, 6.07) is 13.5. The van der Waals surface area contributed by atoms with E-state index < -0.39 is 5.97 Å². The second-order valence-electron chi connectivity index (χ2n) is 13.1. The van der Waals surface area contributed by atoms with Crippen molar-refractivity contribution in [3.05, 3.63) is 54.1 Å². The first-order chi connectivity index (χ1) is 23.6. The van der Waals surface area contributed by atoms with Gasteiger partial charge in [0.05, 0.1) is 25.2 Å². The Labute approximate surface area is 292 Å². The molecule has 0 saturated carbocycles. The van der Waals surface area contributed by atoms with Gasteiger partial charge in [-0.15, -0.1) is 0 Å². The van der Waals surface area contributed by atoms with Gasteiger partial charge in [0.2, 0.25) is 0 Å². The molecule has 0 aliphatic rings. The Morgan fingerprint density at radius 1 is 0.438 bits per heavy atom. The summed E-state index contributed by atoms with van der Waals surface area (Å²) in [4.78, 5) is 24.8. The molecule has 0 aliphatic heterocycles. The molecule has 0 N–H and O–H groups in total. The number of esters is 2. The van der Waals surface area contributed by atoms with E-state index in [9.17, 15) is 9.59 Å². The smallest absolute Gasteiger partial charge is 0.343 e. The van der Waals surface area contributed by atoms with Crippen LogP contribution in [0, 0.1) is 0 Å². The van der Waals surface area contributed by atoms with E-state index in [-0.39, 0.29) is 12.4 Å². The molecule has 2 aromatic carbocycles. The van der Waals surface area contributed by atoms with E-state index in [1.807, 2.05) is 0 Å². The lowest BCUT2D eigenvalue weighted by Crippen LogP contribution is -2.12. The molecule has 0 saturated heterocycles. The Morgan fingerprint density at radius 3 is 1.31 bits per heavy atom. The number of ether oxygens (including phenoxy) is 4. The van der Waals surface area contributed by atoms with E-state index >= 15 is 0 Å². The van der Waals surface area contributed by atoms with Crippen LogP contribution in [-0.2, 0) is 9.53 Å². The minimum absolute atomic E-state index is 0.203. The van der Waals surface area contributed by atoms with E-state index in [0.29, 0.717) is 36.9 Å². The molecule has 0 heterocycles. The van der Waals surface area contributed by atoms with Crippen LogP contribution in [0.25, 0.3) is 0 Å². The molecule has 270 valence electrons. The molecule has 6 nitrogen and oxygen atoms in total. The number of hydrogen-bond donors (Lipinski definition) is 0. The summed E-state index contributed by atoms with van der Waals surface area (Å²) in [5.74, 6) is 0.737. The highest BCUT2D eigenvalue weighted by atomic mass is 16.5. The molecule has 0 bridgehead atoms. The fourth-order valence-corrected chi connectivity index (χ4v) is 5.69. The Bertz CT molecular complexity index is 1050. The molecule has 48 heavy (non-hydrogen) atoms. The van der Waals surface area contributed by atoms with Gasteiger partial charge < -0.3 is 18.9 Å². The van der Waals surface area contributed by atoms with Crippen molar-refractivity contribution in [1.29, 1.82) is 0 Å². The summed E-state index contributed by atoms with van der Waals surface area (Å²) in [6.07, 6.45) is 29.0. The van der Waals surface area contributed by atoms with Crippen molar-refractivity contribution in [2.24, 2.45) is 0 Å². The van der Waals surface area contributed by atoms with Crippen LogP contribution in [0.3, 0.4) is 0 Å². The van der Waals surface area contributed by atoms with Crippen LogP contribution in [0.5, 0.6) is 17.2 Å². The van der Waals surface area contributed by atoms with Gasteiger partial charge in [0.15, 0.2) is 0 Å². The van der Waals surface area contributed by atoms with E-state index in [1.165, 1.54) is 128 Å². The van der Waals surface area contributed by atoms with Gasteiger partial charge in [-0.3, -0.25) is 4.79 Å². The Morgan fingerprint density at radius 2 is 0.833 bits per heavy atom. The number of rotatable bonds is 31. The number of unbranched alkanes of at least 4 members (excludes halogenated alkanes) is 20. The van der Waals surface area contributed by atoms with Crippen molar-refractivity contribution in [3.8, 4) is 17.2 Å². The molecule has 0 spiro atoms. The standard InChI is InChI=1S/C42H66O6/c1-3-5-7-9-11-12-13-14-15-16-17-18-19-20-21-23-34-45-36-33-41(43)47-39-29-31-40(32-30-39)48-42(44)37-25-27-38(28-26-37)46-35-24-22-10-8-6-4-2/h25-32H,3-24,33-36H2,1-2H3. The lowest BCUT2D eigenvalue weighted by Gasteiger charge is -2.09. The van der Waals surface area contributed by atoms with Crippen molar-refractivity contribution in [1.82, 2.24) is 0 Å². The zero-order valence-electron chi connectivity index (χ0n) is 30.5. The Hall–Kier alpha value is -2.86. The molecule has 0 aromatic heterocycles. The van der Waals surface area contributed by atoms with Gasteiger partial charge in [0.1, 0.15) is 17.2 Å². The highest BCUT2D eigenvalue weighted by molar-refractivity contribution is 5.91. The summed E-state index contributed by atoms with van der Waals surface area (Å²) in [6.45, 7) is 6.22. The summed E-state index contributed by atoms with van der Waals surface area (Å²) >= 11 is 0. The van der Waals surface area contributed by atoms with Crippen LogP contribution < -0.4 is 14.2 Å². The van der Waals surface area contributed by atoms with Crippen LogP contribution >= 0.6 is 0 Å². The molecule has 2 aromatic rings. The van der Waals surface area contributed by atoms with E-state index in [0.717, 1.165) is 18.6 Å². The van der Waals surface area contributed by atoms with Crippen LogP contribution in [0.1, 0.15) is 172 Å². The maximum Gasteiger partial charge on any atom is 0.343 e. The van der Waals surface area contributed by atoms with Crippen molar-refractivity contribution in [3.63, 3.8) is 0 Å². The maximum atomic E-state index is 12.6. The number of carbonyl (C=O) groups excluding carboxylic acids is 2. The van der Waals surface area contributed by atoms with Crippen molar-refractivity contribution >= 4 is 11.9 Å². The third kappa shape index (κ3) is 21.9. The topological polar surface area (TPSA) is 71.1 Å². The van der Waals surface area contributed by atoms with Gasteiger partial charge in [-0.05, 0) is 61.4 Å². The highest BCUT2D eigenvalue weighted by Gasteiger charge is 2.10. The predicted octanol–water partition coefficient (Wildman–Crippen LogP) is 12.2. The minimum Gasteiger partial charge on any atom is -0.494 e. The van der Waals surface area contributed by atoms with Gasteiger partial charge in [-0.2, -0.15) is 0 Å². The Balaban J connectivity index is 1.44. The zero-order chi connectivity index (χ0) is 34.3. The van der Waals surface area contributed by atoms with E-state index in [4.69, 9.17) is 18.9 Å². The third-order valence-electron chi connectivity index (χ3n) is 8.72. The van der Waals surface area contributed by atoms with Crippen LogP contribution in [0.15, 0.2) is 48.5 Å². The molecule has 0 aliphatic carbocycles. The largest absolute Gasteiger partial charge is 0.494 e. The van der Waals surface area contributed by atoms with Crippen molar-refractivity contribution in [2.75, 3.05) is 19.8 Å². The predicted molar refractivity (Wildman–Crippen MR) is 197 cm³/mol. The van der Waals surface area contributed by atoms with E-state index in [1.54, 1.807) is 48.5 Å². The first kappa shape index (κ1) is 41.3. The van der Waals surface area contributed by atoms with Crippen LogP contribution in [0.4, 0.5) is 0 Å². The minimum atomic E-state index is -0.455. The molecule has 0 atom stereocenters. The zero-order valence-corrected chi connectivity index (χ0v) is 30.5. The quantitative estimate of drug-likeness (QED) is 0.0453. The summed E-state index contributed by atoms with van der Waals surface area (Å²) in [7, 11) is 0. The average molecular weight is 667 g/mol. The number of carbonyl (C=O) groups is 2. The first-order valence-corrected chi connectivity index (χ1v) is 19.5. The lowest BCUT2D eigenvalue weighted by molar-refractivity contribution is -0.135. The molecule has 0 radical (unpaired) electrons. The first-order valence-electron chi connectivity index (χ1n) is 19.5. The van der Waals surface area contributed by atoms with Gasteiger partial charge >= 0.3 is 11.9 Å². The van der Waals surface area contributed by atoms with Crippen molar-refractivity contribution in [2.45, 2.75) is 162 Å². The summed E-state index contributed by atoms with van der Waals surface area (Å²) in [5, 5.41) is 0.